The molecule has 118 valence electrons. The van der Waals surface area contributed by atoms with Gasteiger partial charge in [-0.25, -0.2) is 0 Å². The van der Waals surface area contributed by atoms with Crippen molar-refractivity contribution in [1.82, 2.24) is 5.32 Å². The molecular weight excluding hydrogens is 294 g/mol. The Hall–Kier alpha value is -1.31. The third kappa shape index (κ3) is 3.48. The van der Waals surface area contributed by atoms with Crippen LogP contribution in [0.25, 0.3) is 0 Å². The van der Waals surface area contributed by atoms with E-state index in [0.29, 0.717) is 12.8 Å². The summed E-state index contributed by atoms with van der Waals surface area (Å²) in [5.41, 5.74) is 1.99. The normalized spacial score (nSPS) is 21.7. The van der Waals surface area contributed by atoms with E-state index in [9.17, 15) is 8.42 Å². The van der Waals surface area contributed by atoms with E-state index in [0.717, 1.165) is 22.6 Å². The first-order valence-electron chi connectivity index (χ1n) is 6.74. The molecule has 0 saturated heterocycles. The lowest BCUT2D eigenvalue weighted by Gasteiger charge is -2.33. The minimum absolute atomic E-state index is 0.0413. The fourth-order valence-corrected chi connectivity index (χ4v) is 3.95. The van der Waals surface area contributed by atoms with Crippen LogP contribution in [0.1, 0.15) is 11.1 Å². The number of methoxy groups -OCH3 is 2. The second-order valence-corrected chi connectivity index (χ2v) is 6.74. The summed E-state index contributed by atoms with van der Waals surface area (Å²) in [6.45, 7) is 0. The molecule has 1 aromatic carbocycles. The van der Waals surface area contributed by atoms with E-state index in [1.165, 1.54) is 0 Å². The van der Waals surface area contributed by atoms with E-state index in [-0.39, 0.29) is 17.7 Å². The fourth-order valence-electron chi connectivity index (χ4n) is 3.05. The van der Waals surface area contributed by atoms with Crippen LogP contribution < -0.4 is 14.8 Å². The Kier molecular flexibility index (Phi) is 4.75. The zero-order valence-electron chi connectivity index (χ0n) is 12.4. The van der Waals surface area contributed by atoms with Gasteiger partial charge in [0.15, 0.2) is 0 Å². The Bertz CT molecular complexity index is 614. The van der Waals surface area contributed by atoms with Gasteiger partial charge < -0.3 is 14.8 Å². The minimum Gasteiger partial charge on any atom is -0.496 e. The van der Waals surface area contributed by atoms with E-state index in [1.807, 2.05) is 12.1 Å². The van der Waals surface area contributed by atoms with Crippen molar-refractivity contribution in [2.24, 2.45) is 5.92 Å². The van der Waals surface area contributed by atoms with Crippen LogP contribution in [0.4, 0.5) is 0 Å². The topological polar surface area (TPSA) is 84.9 Å². The first-order valence-corrected chi connectivity index (χ1v) is 8.35. The number of hydrogen-bond donors (Lipinski definition) is 2. The summed E-state index contributed by atoms with van der Waals surface area (Å²) in [6, 6.07) is 3.63. The van der Waals surface area contributed by atoms with Crippen LogP contribution in [0.15, 0.2) is 12.1 Å². The maximum atomic E-state index is 11.2. The van der Waals surface area contributed by atoms with Gasteiger partial charge in [-0.2, -0.15) is 8.42 Å². The van der Waals surface area contributed by atoms with Crippen LogP contribution in [0.3, 0.4) is 0 Å². The van der Waals surface area contributed by atoms with Crippen LogP contribution in [0.5, 0.6) is 11.5 Å². The molecule has 7 heteroatoms. The number of benzene rings is 1. The lowest BCUT2D eigenvalue weighted by Crippen LogP contribution is -2.43. The number of ether oxygens (including phenoxy) is 2. The number of rotatable bonds is 5. The number of likely N-dealkylation sites (N-methyl/N-ethyl adjacent to an activating group) is 1. The molecular formula is C14H21NO5S. The number of fused-ring (bicyclic) bond motifs is 1. The van der Waals surface area contributed by atoms with E-state index in [2.05, 4.69) is 5.32 Å². The summed E-state index contributed by atoms with van der Waals surface area (Å²) < 4.78 is 42.4. The second kappa shape index (κ2) is 6.21. The Morgan fingerprint density at radius 3 is 2.14 bits per heavy atom. The second-order valence-electron chi connectivity index (χ2n) is 5.24. The van der Waals surface area contributed by atoms with Gasteiger partial charge in [-0.1, -0.05) is 0 Å². The average molecular weight is 315 g/mol. The Morgan fingerprint density at radius 1 is 1.19 bits per heavy atom. The highest BCUT2D eigenvalue weighted by Crippen LogP contribution is 2.38. The average Bonchev–Trinajstić information content (AvgIpc) is 2.43. The summed E-state index contributed by atoms with van der Waals surface area (Å²) in [7, 11) is 0.974. The SMILES string of the molecule is CNC1Cc2c(OC)ccc(OC)c2CC1CS(=O)(=O)O. The Balaban J connectivity index is 2.43. The zero-order valence-corrected chi connectivity index (χ0v) is 13.2. The van der Waals surface area contributed by atoms with Gasteiger partial charge in [0.1, 0.15) is 11.5 Å². The molecule has 1 aliphatic carbocycles. The van der Waals surface area contributed by atoms with Gasteiger partial charge >= 0.3 is 0 Å². The van der Waals surface area contributed by atoms with E-state index in [4.69, 9.17) is 14.0 Å². The van der Waals surface area contributed by atoms with Crippen molar-refractivity contribution >= 4 is 10.1 Å². The lowest BCUT2D eigenvalue weighted by molar-refractivity contribution is 0.336. The molecule has 0 saturated carbocycles. The lowest BCUT2D eigenvalue weighted by atomic mass is 9.80. The molecule has 0 heterocycles. The van der Waals surface area contributed by atoms with Crippen LogP contribution >= 0.6 is 0 Å². The summed E-state index contributed by atoms with van der Waals surface area (Å²) >= 11 is 0. The molecule has 2 unspecified atom stereocenters. The molecule has 6 nitrogen and oxygen atoms in total. The molecule has 1 aromatic rings. The summed E-state index contributed by atoms with van der Waals surface area (Å²) in [5.74, 6) is 1.02. The smallest absolute Gasteiger partial charge is 0.265 e. The molecule has 0 amide bonds. The molecule has 21 heavy (non-hydrogen) atoms. The molecule has 0 aliphatic heterocycles. The van der Waals surface area contributed by atoms with Crippen LogP contribution in [-0.2, 0) is 23.0 Å². The number of nitrogens with one attached hydrogen (secondary N) is 1. The Morgan fingerprint density at radius 2 is 1.71 bits per heavy atom. The fraction of sp³-hybridized carbons (Fsp3) is 0.571. The largest absolute Gasteiger partial charge is 0.496 e. The van der Waals surface area contributed by atoms with Gasteiger partial charge in [-0.3, -0.25) is 4.55 Å². The molecule has 2 atom stereocenters. The van der Waals surface area contributed by atoms with Crippen molar-refractivity contribution in [3.8, 4) is 11.5 Å². The first-order chi connectivity index (χ1) is 9.89. The van der Waals surface area contributed by atoms with Gasteiger partial charge in [-0.15, -0.1) is 0 Å². The molecule has 0 aromatic heterocycles. The quantitative estimate of drug-likeness (QED) is 0.785. The summed E-state index contributed by atoms with van der Waals surface area (Å²) in [6.07, 6.45) is 1.15. The Labute approximate surface area is 125 Å². The predicted octanol–water partition coefficient (Wildman–Crippen LogP) is 0.894. The molecule has 2 N–H and O–H groups in total. The highest BCUT2D eigenvalue weighted by atomic mass is 32.2. The van der Waals surface area contributed by atoms with Crippen molar-refractivity contribution in [2.45, 2.75) is 18.9 Å². The maximum absolute atomic E-state index is 11.2. The summed E-state index contributed by atoms with van der Waals surface area (Å²) in [5, 5.41) is 3.13. The highest BCUT2D eigenvalue weighted by Gasteiger charge is 2.33. The van der Waals surface area contributed by atoms with Crippen LogP contribution in [0.2, 0.25) is 0 Å². The van der Waals surface area contributed by atoms with Gasteiger partial charge in [0.25, 0.3) is 10.1 Å². The van der Waals surface area contributed by atoms with Crippen molar-refractivity contribution in [3.63, 3.8) is 0 Å². The van der Waals surface area contributed by atoms with E-state index >= 15 is 0 Å². The van der Waals surface area contributed by atoms with Gasteiger partial charge in [-0.05, 0) is 37.9 Å². The first kappa shape index (κ1) is 16.1. The van der Waals surface area contributed by atoms with Crippen molar-refractivity contribution in [1.29, 1.82) is 0 Å². The van der Waals surface area contributed by atoms with E-state index in [1.54, 1.807) is 21.3 Å². The standard InChI is InChI=1S/C14H21NO5S/c1-15-12-7-11-10(6-9(12)8-21(16,17)18)13(19-2)4-5-14(11)20-3/h4-5,9,12,15H,6-8H2,1-3H3,(H,16,17,18). The third-order valence-corrected chi connectivity index (χ3v) is 4.89. The monoisotopic (exact) mass is 315 g/mol. The van der Waals surface area contributed by atoms with Crippen molar-refractivity contribution in [3.05, 3.63) is 23.3 Å². The zero-order chi connectivity index (χ0) is 15.6. The van der Waals surface area contributed by atoms with E-state index < -0.39 is 10.1 Å². The molecule has 1 aliphatic rings. The minimum atomic E-state index is -4.02. The van der Waals surface area contributed by atoms with Crippen molar-refractivity contribution in [2.75, 3.05) is 27.0 Å². The highest BCUT2D eigenvalue weighted by molar-refractivity contribution is 7.85. The predicted molar refractivity (Wildman–Crippen MR) is 79.7 cm³/mol. The molecule has 0 bridgehead atoms. The van der Waals surface area contributed by atoms with Crippen LogP contribution in [-0.4, -0.2) is 46.0 Å². The van der Waals surface area contributed by atoms with Crippen molar-refractivity contribution < 1.29 is 22.4 Å². The van der Waals surface area contributed by atoms with Gasteiger partial charge in [0, 0.05) is 17.2 Å². The summed E-state index contributed by atoms with van der Waals surface area (Å²) in [4.78, 5) is 0. The maximum Gasteiger partial charge on any atom is 0.265 e. The molecule has 0 fully saturated rings. The van der Waals surface area contributed by atoms with Crippen LogP contribution in [0, 0.1) is 5.92 Å². The molecule has 0 radical (unpaired) electrons. The third-order valence-electron chi connectivity index (χ3n) is 4.04. The molecule has 2 rings (SSSR count). The molecule has 0 spiro atoms. The number of hydrogen-bond acceptors (Lipinski definition) is 5. The van der Waals surface area contributed by atoms with Gasteiger partial charge in [0.05, 0.1) is 20.0 Å². The van der Waals surface area contributed by atoms with Gasteiger partial charge in [0.2, 0.25) is 0 Å².